The minimum Gasteiger partial charge on any atom is -0.481 e. The Bertz CT molecular complexity index is 649. The van der Waals surface area contributed by atoms with Gasteiger partial charge < -0.3 is 25.0 Å². The van der Waals surface area contributed by atoms with Crippen LogP contribution in [0.3, 0.4) is 0 Å². The number of aliphatic hydroxyl groups excluding tert-OH is 1. The Kier molecular flexibility index (Phi) is 11.3. The van der Waals surface area contributed by atoms with Crippen molar-refractivity contribution in [3.05, 3.63) is 11.8 Å². The number of ether oxygens (including phenoxy) is 1. The summed E-state index contributed by atoms with van der Waals surface area (Å²) in [6, 6.07) is 0. The lowest BCUT2D eigenvalue weighted by atomic mass is 10.1. The maximum Gasteiger partial charge on any atom is 0.333 e. The van der Waals surface area contributed by atoms with Crippen molar-refractivity contribution in [3.63, 3.8) is 0 Å². The highest BCUT2D eigenvalue weighted by Gasteiger charge is 2.18. The summed E-state index contributed by atoms with van der Waals surface area (Å²) in [7, 11) is 2.14. The van der Waals surface area contributed by atoms with Gasteiger partial charge in [0.1, 0.15) is 5.69 Å². The standard InChI is InChI=1S/C14H23N3OS.C4H6O5/c1-3-4-5-6-10-18-14-13(15-19-16-14)12-8-7-9-17(2)11-12;5-2(4(8)9)1-3(6)7/h8H,3-7,9-11H2,1-2H3;2,5H,1H2,(H,6,7)(H,8,9). The van der Waals surface area contributed by atoms with Crippen LogP contribution < -0.4 is 4.74 Å². The van der Waals surface area contributed by atoms with E-state index in [0.29, 0.717) is 0 Å². The number of hydrogen-bond donors (Lipinski definition) is 3. The lowest BCUT2D eigenvalue weighted by molar-refractivity contribution is -0.152. The van der Waals surface area contributed by atoms with Gasteiger partial charge in [-0.25, -0.2) is 4.79 Å². The molecule has 1 aromatic heterocycles. The average Bonchev–Trinajstić information content (AvgIpc) is 3.10. The normalized spacial score (nSPS) is 15.2. The van der Waals surface area contributed by atoms with E-state index in [1.54, 1.807) is 0 Å². The van der Waals surface area contributed by atoms with E-state index in [-0.39, 0.29) is 0 Å². The van der Waals surface area contributed by atoms with E-state index in [0.717, 1.165) is 44.1 Å². The number of hydrogen-bond acceptors (Lipinski definition) is 8. The summed E-state index contributed by atoms with van der Waals surface area (Å²) < 4.78 is 14.5. The number of carboxylic acids is 2. The van der Waals surface area contributed by atoms with Crippen LogP contribution in [0.2, 0.25) is 0 Å². The molecule has 0 saturated heterocycles. The fraction of sp³-hybridized carbons (Fsp3) is 0.667. The average molecular weight is 416 g/mol. The zero-order valence-corrected chi connectivity index (χ0v) is 17.2. The van der Waals surface area contributed by atoms with Crippen molar-refractivity contribution in [3.8, 4) is 5.88 Å². The molecule has 0 amide bonds. The lowest BCUT2D eigenvalue weighted by Gasteiger charge is -2.22. The largest absolute Gasteiger partial charge is 0.481 e. The Morgan fingerprint density at radius 3 is 2.61 bits per heavy atom. The van der Waals surface area contributed by atoms with E-state index < -0.39 is 24.5 Å². The van der Waals surface area contributed by atoms with Crippen LogP contribution in [0.15, 0.2) is 6.08 Å². The van der Waals surface area contributed by atoms with Crippen molar-refractivity contribution in [1.82, 2.24) is 13.6 Å². The van der Waals surface area contributed by atoms with Gasteiger partial charge in [0, 0.05) is 13.1 Å². The second-order valence-electron chi connectivity index (χ2n) is 6.53. The fourth-order valence-corrected chi connectivity index (χ4v) is 3.02. The highest BCUT2D eigenvalue weighted by Crippen LogP contribution is 2.27. The molecule has 1 unspecified atom stereocenters. The van der Waals surface area contributed by atoms with E-state index in [9.17, 15) is 9.59 Å². The predicted octanol–water partition coefficient (Wildman–Crippen LogP) is 2.12. The van der Waals surface area contributed by atoms with E-state index in [1.807, 2.05) is 0 Å². The molecule has 0 spiro atoms. The molecule has 0 saturated carbocycles. The van der Waals surface area contributed by atoms with Crippen molar-refractivity contribution < 1.29 is 29.6 Å². The van der Waals surface area contributed by atoms with Crippen LogP contribution in [0.4, 0.5) is 0 Å². The number of aliphatic hydroxyl groups is 1. The molecule has 1 aliphatic heterocycles. The maximum atomic E-state index is 9.72. The Morgan fingerprint density at radius 2 is 2.04 bits per heavy atom. The minimum absolute atomic E-state index is 0.725. The Balaban J connectivity index is 0.000000370. The number of unbranched alkanes of at least 4 members (excludes halogenated alkanes) is 3. The summed E-state index contributed by atoms with van der Waals surface area (Å²) in [6.07, 6.45) is 5.67. The van der Waals surface area contributed by atoms with Crippen LogP contribution in [0.25, 0.3) is 5.57 Å². The smallest absolute Gasteiger partial charge is 0.333 e. The molecule has 2 heterocycles. The number of aliphatic carboxylic acids is 2. The third-order valence-corrected chi connectivity index (χ3v) is 4.51. The molecule has 1 aromatic rings. The fourth-order valence-electron chi connectivity index (χ4n) is 2.49. The predicted molar refractivity (Wildman–Crippen MR) is 106 cm³/mol. The summed E-state index contributed by atoms with van der Waals surface area (Å²) in [4.78, 5) is 21.7. The molecule has 1 atom stereocenters. The van der Waals surface area contributed by atoms with Gasteiger partial charge in [-0.3, -0.25) is 4.79 Å². The molecule has 10 heteroatoms. The van der Waals surface area contributed by atoms with Crippen molar-refractivity contribution >= 4 is 29.2 Å². The molecule has 3 N–H and O–H groups in total. The number of rotatable bonds is 10. The molecule has 158 valence electrons. The van der Waals surface area contributed by atoms with E-state index in [4.69, 9.17) is 20.1 Å². The van der Waals surface area contributed by atoms with Gasteiger partial charge in [-0.2, -0.15) is 4.37 Å². The molecule has 28 heavy (non-hydrogen) atoms. The van der Waals surface area contributed by atoms with Gasteiger partial charge in [-0.1, -0.05) is 32.3 Å². The summed E-state index contributed by atoms with van der Waals surface area (Å²) in [6.45, 7) is 5.03. The second kappa shape index (κ2) is 13.2. The van der Waals surface area contributed by atoms with Crippen LogP contribution in [0.5, 0.6) is 5.88 Å². The third-order valence-electron chi connectivity index (χ3n) is 3.99. The number of nitrogens with zero attached hydrogens (tertiary/aromatic N) is 3. The Morgan fingerprint density at radius 1 is 1.29 bits per heavy atom. The van der Waals surface area contributed by atoms with Gasteiger partial charge in [0.05, 0.1) is 24.8 Å². The van der Waals surface area contributed by atoms with Gasteiger partial charge >= 0.3 is 11.9 Å². The van der Waals surface area contributed by atoms with Crippen LogP contribution in [-0.4, -0.2) is 73.8 Å². The molecule has 0 radical (unpaired) electrons. The topological polar surface area (TPSA) is 133 Å². The van der Waals surface area contributed by atoms with Crippen LogP contribution in [0, 0.1) is 0 Å². The highest BCUT2D eigenvalue weighted by atomic mass is 32.1. The second-order valence-corrected chi connectivity index (χ2v) is 7.06. The molecule has 9 nitrogen and oxygen atoms in total. The van der Waals surface area contributed by atoms with Crippen LogP contribution in [-0.2, 0) is 9.59 Å². The first-order chi connectivity index (χ1) is 13.3. The molecule has 0 aliphatic carbocycles. The van der Waals surface area contributed by atoms with Crippen molar-refractivity contribution in [1.29, 1.82) is 0 Å². The Hall–Kier alpha value is -2.04. The molecule has 0 bridgehead atoms. The lowest BCUT2D eigenvalue weighted by Crippen LogP contribution is -2.25. The van der Waals surface area contributed by atoms with Gasteiger partial charge in [0.2, 0.25) is 0 Å². The summed E-state index contributed by atoms with van der Waals surface area (Å²) in [5.41, 5.74) is 2.21. The first-order valence-electron chi connectivity index (χ1n) is 9.31. The van der Waals surface area contributed by atoms with E-state index in [2.05, 4.69) is 33.7 Å². The van der Waals surface area contributed by atoms with Gasteiger partial charge in [0.15, 0.2) is 6.10 Å². The number of aromatic nitrogens is 2. The van der Waals surface area contributed by atoms with E-state index >= 15 is 0 Å². The van der Waals surface area contributed by atoms with Crippen LogP contribution in [0.1, 0.15) is 51.1 Å². The molecule has 0 aromatic carbocycles. The summed E-state index contributed by atoms with van der Waals surface area (Å²) in [5.74, 6) is -2.12. The monoisotopic (exact) mass is 415 g/mol. The first kappa shape index (κ1) is 24.0. The molecular formula is C18H29N3O6S. The number of carbonyl (C=O) groups is 2. The molecule has 1 aliphatic rings. The highest BCUT2D eigenvalue weighted by molar-refractivity contribution is 6.99. The summed E-state index contributed by atoms with van der Waals surface area (Å²) >= 11 is 1.25. The van der Waals surface area contributed by atoms with Crippen LogP contribution >= 0.6 is 11.7 Å². The Labute approximate surface area is 169 Å². The molecule has 2 rings (SSSR count). The quantitative estimate of drug-likeness (QED) is 0.491. The van der Waals surface area contributed by atoms with Crippen molar-refractivity contribution in [2.24, 2.45) is 0 Å². The van der Waals surface area contributed by atoms with Gasteiger partial charge in [-0.15, -0.1) is 4.37 Å². The summed E-state index contributed by atoms with van der Waals surface area (Å²) in [5, 5.41) is 24.1. The van der Waals surface area contributed by atoms with Gasteiger partial charge in [-0.05, 0) is 25.5 Å². The van der Waals surface area contributed by atoms with Crippen molar-refractivity contribution in [2.45, 2.75) is 51.6 Å². The number of carboxylic acid groups (broad SMARTS) is 2. The van der Waals surface area contributed by atoms with Crippen molar-refractivity contribution in [2.75, 3.05) is 26.7 Å². The minimum atomic E-state index is -1.79. The zero-order chi connectivity index (χ0) is 20.9. The maximum absolute atomic E-state index is 9.72. The molecule has 0 fully saturated rings. The number of likely N-dealkylation sites (N-methyl/N-ethyl adjacent to an activating group) is 1. The molecular weight excluding hydrogens is 386 g/mol. The zero-order valence-electron chi connectivity index (χ0n) is 16.3. The first-order valence-corrected chi connectivity index (χ1v) is 10.0. The van der Waals surface area contributed by atoms with E-state index in [1.165, 1.54) is 36.6 Å². The SMILES string of the molecule is CCCCCCOc1nsnc1C1=CCCN(C)C1.O=C(O)CC(O)C(=O)O. The van der Waals surface area contributed by atoms with Gasteiger partial charge in [0.25, 0.3) is 5.88 Å². The third kappa shape index (κ3) is 9.25.